The first-order valence-electron chi connectivity index (χ1n) is 8.51. The number of rotatable bonds is 8. The minimum absolute atomic E-state index is 0.0163. The van der Waals surface area contributed by atoms with Gasteiger partial charge in [0, 0.05) is 13.0 Å². The van der Waals surface area contributed by atoms with Gasteiger partial charge in [0.15, 0.2) is 0 Å². The number of amides is 2. The largest absolute Gasteiger partial charge is 0.387 e. The van der Waals surface area contributed by atoms with Crippen LogP contribution in [0.1, 0.15) is 50.2 Å². The number of hydrogen-bond acceptors (Lipinski definition) is 3. The van der Waals surface area contributed by atoms with Crippen LogP contribution in [0.2, 0.25) is 0 Å². The van der Waals surface area contributed by atoms with Gasteiger partial charge in [0.25, 0.3) is 0 Å². The molecule has 2 amide bonds. The van der Waals surface area contributed by atoms with Crippen LogP contribution in [0.15, 0.2) is 24.3 Å². The summed E-state index contributed by atoms with van der Waals surface area (Å²) < 4.78 is 12.8. The molecule has 1 aliphatic rings. The summed E-state index contributed by atoms with van der Waals surface area (Å²) in [5, 5.41) is 15.1. The predicted molar refractivity (Wildman–Crippen MR) is 88.6 cm³/mol. The van der Waals surface area contributed by atoms with Crippen molar-refractivity contribution in [2.75, 3.05) is 13.1 Å². The zero-order valence-electron chi connectivity index (χ0n) is 13.8. The fraction of sp³-hybridized carbons (Fsp3) is 0.556. The maximum atomic E-state index is 12.8. The van der Waals surface area contributed by atoms with Gasteiger partial charge in [0.2, 0.25) is 11.8 Å². The van der Waals surface area contributed by atoms with Gasteiger partial charge in [-0.1, -0.05) is 37.8 Å². The molecule has 0 heterocycles. The Morgan fingerprint density at radius 3 is 2.46 bits per heavy atom. The van der Waals surface area contributed by atoms with E-state index in [0.29, 0.717) is 17.9 Å². The number of benzene rings is 1. The summed E-state index contributed by atoms with van der Waals surface area (Å²) in [4.78, 5) is 23.4. The zero-order chi connectivity index (χ0) is 17.4. The van der Waals surface area contributed by atoms with Gasteiger partial charge < -0.3 is 15.7 Å². The van der Waals surface area contributed by atoms with E-state index in [1.165, 1.54) is 49.9 Å². The van der Waals surface area contributed by atoms with E-state index in [1.54, 1.807) is 0 Å². The van der Waals surface area contributed by atoms with Crippen molar-refractivity contribution in [3.05, 3.63) is 35.6 Å². The molecule has 0 saturated heterocycles. The van der Waals surface area contributed by atoms with Crippen molar-refractivity contribution in [3.8, 4) is 0 Å². The molecule has 1 aromatic carbocycles. The van der Waals surface area contributed by atoms with E-state index in [0.717, 1.165) is 6.42 Å². The summed E-state index contributed by atoms with van der Waals surface area (Å²) in [6.07, 6.45) is 5.35. The summed E-state index contributed by atoms with van der Waals surface area (Å²) in [7, 11) is 0. The molecule has 2 rings (SSSR count). The Hall–Kier alpha value is -1.95. The van der Waals surface area contributed by atoms with Gasteiger partial charge >= 0.3 is 0 Å². The first-order chi connectivity index (χ1) is 11.5. The number of carbonyl (C=O) groups is 2. The third kappa shape index (κ3) is 6.28. The van der Waals surface area contributed by atoms with Crippen molar-refractivity contribution in [3.63, 3.8) is 0 Å². The highest BCUT2D eigenvalue weighted by Crippen LogP contribution is 2.28. The smallest absolute Gasteiger partial charge is 0.239 e. The summed E-state index contributed by atoms with van der Waals surface area (Å²) in [6.45, 7) is -0.0813. The van der Waals surface area contributed by atoms with E-state index < -0.39 is 6.10 Å². The van der Waals surface area contributed by atoms with Crippen LogP contribution in [-0.2, 0) is 9.59 Å². The Morgan fingerprint density at radius 1 is 1.12 bits per heavy atom. The van der Waals surface area contributed by atoms with Crippen molar-refractivity contribution in [2.24, 2.45) is 5.92 Å². The van der Waals surface area contributed by atoms with Crippen LogP contribution in [0.4, 0.5) is 4.39 Å². The molecule has 5 nitrogen and oxygen atoms in total. The molecular formula is C18H25FN2O3. The average molecular weight is 336 g/mol. The fourth-order valence-corrected chi connectivity index (χ4v) is 2.98. The summed E-state index contributed by atoms with van der Waals surface area (Å²) >= 11 is 0. The van der Waals surface area contributed by atoms with Gasteiger partial charge in [-0.05, 0) is 30.0 Å². The maximum absolute atomic E-state index is 12.8. The first-order valence-corrected chi connectivity index (χ1v) is 8.51. The Bertz CT molecular complexity index is 542. The molecule has 0 bridgehead atoms. The summed E-state index contributed by atoms with van der Waals surface area (Å²) in [5.74, 6) is -0.202. The molecular weight excluding hydrogens is 311 g/mol. The van der Waals surface area contributed by atoms with Crippen molar-refractivity contribution in [1.29, 1.82) is 0 Å². The van der Waals surface area contributed by atoms with E-state index in [2.05, 4.69) is 10.6 Å². The second kappa shape index (κ2) is 9.37. The van der Waals surface area contributed by atoms with E-state index in [1.807, 2.05) is 0 Å². The van der Waals surface area contributed by atoms with E-state index in [9.17, 15) is 19.1 Å². The second-order valence-corrected chi connectivity index (χ2v) is 6.34. The molecule has 1 saturated carbocycles. The Morgan fingerprint density at radius 2 is 1.79 bits per heavy atom. The predicted octanol–water partition coefficient (Wildman–Crippen LogP) is 2.06. The quantitative estimate of drug-likeness (QED) is 0.680. The van der Waals surface area contributed by atoms with Crippen LogP contribution in [0.3, 0.4) is 0 Å². The van der Waals surface area contributed by atoms with Gasteiger partial charge in [-0.25, -0.2) is 4.39 Å². The second-order valence-electron chi connectivity index (χ2n) is 6.34. The van der Waals surface area contributed by atoms with Crippen LogP contribution in [0.25, 0.3) is 0 Å². The highest BCUT2D eigenvalue weighted by atomic mass is 19.1. The third-order valence-electron chi connectivity index (χ3n) is 4.45. The Kier molecular flexibility index (Phi) is 7.18. The molecule has 24 heavy (non-hydrogen) atoms. The highest BCUT2D eigenvalue weighted by molar-refractivity contribution is 5.84. The third-order valence-corrected chi connectivity index (χ3v) is 4.45. The monoisotopic (exact) mass is 336 g/mol. The molecule has 132 valence electrons. The van der Waals surface area contributed by atoms with Gasteiger partial charge in [0.1, 0.15) is 5.82 Å². The lowest BCUT2D eigenvalue weighted by Gasteiger charge is -2.13. The van der Waals surface area contributed by atoms with Gasteiger partial charge in [0.05, 0.1) is 12.6 Å². The number of halogens is 1. The average Bonchev–Trinajstić information content (AvgIpc) is 3.10. The Balaban J connectivity index is 1.60. The lowest BCUT2D eigenvalue weighted by Crippen LogP contribution is -2.38. The molecule has 0 radical (unpaired) electrons. The normalized spacial score (nSPS) is 15.9. The summed E-state index contributed by atoms with van der Waals surface area (Å²) in [5.41, 5.74) is 0.525. The van der Waals surface area contributed by atoms with Crippen molar-refractivity contribution in [2.45, 2.75) is 44.6 Å². The SMILES string of the molecule is O=C(CCC1CCCC1)NCC(=O)NCC(O)c1ccc(F)cc1. The highest BCUT2D eigenvalue weighted by Gasteiger charge is 2.16. The topological polar surface area (TPSA) is 78.4 Å². The first kappa shape index (κ1) is 18.4. The molecule has 1 aliphatic carbocycles. The van der Waals surface area contributed by atoms with E-state index in [-0.39, 0.29) is 30.7 Å². The number of aliphatic hydroxyl groups is 1. The lowest BCUT2D eigenvalue weighted by molar-refractivity contribution is -0.126. The van der Waals surface area contributed by atoms with Crippen molar-refractivity contribution >= 4 is 11.8 Å². The fourth-order valence-electron chi connectivity index (χ4n) is 2.98. The lowest BCUT2D eigenvalue weighted by atomic mass is 10.0. The molecule has 1 unspecified atom stereocenters. The van der Waals surface area contributed by atoms with Crippen LogP contribution in [-0.4, -0.2) is 30.0 Å². The van der Waals surface area contributed by atoms with E-state index >= 15 is 0 Å². The number of carbonyl (C=O) groups excluding carboxylic acids is 2. The van der Waals surface area contributed by atoms with Crippen LogP contribution in [0, 0.1) is 11.7 Å². The number of nitrogens with one attached hydrogen (secondary N) is 2. The van der Waals surface area contributed by atoms with Crippen molar-refractivity contribution in [1.82, 2.24) is 10.6 Å². The van der Waals surface area contributed by atoms with Gasteiger partial charge in [-0.2, -0.15) is 0 Å². The molecule has 0 spiro atoms. The standard InChI is InChI=1S/C18H25FN2O3/c19-15-8-6-14(7-9-15)16(22)11-20-18(24)12-21-17(23)10-5-13-3-1-2-4-13/h6-9,13,16,22H,1-5,10-12H2,(H,20,24)(H,21,23). The molecule has 1 aromatic rings. The van der Waals surface area contributed by atoms with E-state index in [4.69, 9.17) is 0 Å². The number of aliphatic hydroxyl groups excluding tert-OH is 1. The van der Waals surface area contributed by atoms with Crippen LogP contribution in [0.5, 0.6) is 0 Å². The van der Waals surface area contributed by atoms with Crippen LogP contribution < -0.4 is 10.6 Å². The Labute approximate surface area is 141 Å². The van der Waals surface area contributed by atoms with Gasteiger partial charge in [-0.15, -0.1) is 0 Å². The molecule has 3 N–H and O–H groups in total. The minimum atomic E-state index is -0.910. The summed E-state index contributed by atoms with van der Waals surface area (Å²) in [6, 6.07) is 5.45. The van der Waals surface area contributed by atoms with Gasteiger partial charge in [-0.3, -0.25) is 9.59 Å². The maximum Gasteiger partial charge on any atom is 0.239 e. The molecule has 1 atom stereocenters. The van der Waals surface area contributed by atoms with Crippen LogP contribution >= 0.6 is 0 Å². The number of hydrogen-bond donors (Lipinski definition) is 3. The molecule has 1 fully saturated rings. The molecule has 0 aliphatic heterocycles. The van der Waals surface area contributed by atoms with Crippen molar-refractivity contribution < 1.29 is 19.1 Å². The zero-order valence-corrected chi connectivity index (χ0v) is 13.8. The molecule has 6 heteroatoms. The minimum Gasteiger partial charge on any atom is -0.387 e. The molecule has 0 aromatic heterocycles.